The highest BCUT2D eigenvalue weighted by Crippen LogP contribution is 2.48. The summed E-state index contributed by atoms with van der Waals surface area (Å²) in [4.78, 5) is 35.6. The van der Waals surface area contributed by atoms with E-state index < -0.39 is 12.0 Å². The predicted molar refractivity (Wildman–Crippen MR) is 141 cm³/mol. The smallest absolute Gasteiger partial charge is 0.338 e. The Hall–Kier alpha value is -3.52. The van der Waals surface area contributed by atoms with E-state index in [-0.39, 0.29) is 18.9 Å². The van der Waals surface area contributed by atoms with Gasteiger partial charge in [0.1, 0.15) is 5.75 Å². The number of methoxy groups -OCH3 is 1. The minimum absolute atomic E-state index is 0.0925. The van der Waals surface area contributed by atoms with Crippen LogP contribution in [0.1, 0.15) is 43.4 Å². The zero-order chi connectivity index (χ0) is 25.1. The Labute approximate surface area is 215 Å². The standard InChI is InChI=1S/C28H29N3O4S/c1-3-35-27(33)24-25(19-11-5-4-6-12-19)29-28-31(26(24)21-13-7-8-14-22(21)34-2)20(18-36-28)17-23(32)30-15-9-10-16-30/h4-8,11-14,18,26H,3,9-10,15-17H2,1-2H3/t26-/m0/s1. The number of nitrogens with zero attached hydrogens (tertiary/aromatic N) is 3. The van der Waals surface area contributed by atoms with Gasteiger partial charge in [0.15, 0.2) is 5.17 Å². The second-order valence-corrected chi connectivity index (χ2v) is 9.59. The molecule has 2 aromatic carbocycles. The van der Waals surface area contributed by atoms with Gasteiger partial charge in [-0.25, -0.2) is 9.79 Å². The Morgan fingerprint density at radius 3 is 2.50 bits per heavy atom. The van der Waals surface area contributed by atoms with Gasteiger partial charge in [0.25, 0.3) is 0 Å². The van der Waals surface area contributed by atoms with E-state index in [4.69, 9.17) is 14.5 Å². The number of rotatable bonds is 7. The molecule has 0 unspecified atom stereocenters. The van der Waals surface area contributed by atoms with E-state index in [0.29, 0.717) is 17.0 Å². The minimum atomic E-state index is -0.560. The molecule has 0 aromatic heterocycles. The van der Waals surface area contributed by atoms with Gasteiger partial charge in [0, 0.05) is 29.9 Å². The number of para-hydroxylation sites is 1. The van der Waals surface area contributed by atoms with Gasteiger partial charge in [-0.15, -0.1) is 0 Å². The van der Waals surface area contributed by atoms with Crippen LogP contribution in [0.15, 0.2) is 76.3 Å². The van der Waals surface area contributed by atoms with Gasteiger partial charge >= 0.3 is 5.97 Å². The normalized spacial score (nSPS) is 19.1. The van der Waals surface area contributed by atoms with Crippen molar-refractivity contribution < 1.29 is 19.1 Å². The van der Waals surface area contributed by atoms with Gasteiger partial charge in [-0.2, -0.15) is 0 Å². The van der Waals surface area contributed by atoms with Gasteiger partial charge in [-0.05, 0) is 31.2 Å². The molecule has 0 bridgehead atoms. The lowest BCUT2D eigenvalue weighted by atomic mass is 9.91. The molecule has 1 saturated heterocycles. The van der Waals surface area contributed by atoms with Crippen molar-refractivity contribution in [2.75, 3.05) is 26.8 Å². The third kappa shape index (κ3) is 4.53. The number of esters is 1. The number of thioether (sulfide) groups is 1. The summed E-state index contributed by atoms with van der Waals surface area (Å²) >= 11 is 1.47. The summed E-state index contributed by atoms with van der Waals surface area (Å²) in [6, 6.07) is 16.8. The molecular formula is C28H29N3O4S. The molecule has 1 amide bonds. The Morgan fingerprint density at radius 2 is 1.78 bits per heavy atom. The number of benzene rings is 2. The fourth-order valence-corrected chi connectivity index (χ4v) is 5.83. The number of carbonyl (C=O) groups excluding carboxylic acids is 2. The van der Waals surface area contributed by atoms with Crippen LogP contribution in [-0.4, -0.2) is 53.7 Å². The fraction of sp³-hybridized carbons (Fsp3) is 0.321. The Balaban J connectivity index is 1.65. The van der Waals surface area contributed by atoms with Crippen molar-refractivity contribution in [3.05, 3.63) is 82.4 Å². The monoisotopic (exact) mass is 503 g/mol. The molecule has 0 radical (unpaired) electrons. The topological polar surface area (TPSA) is 71.4 Å². The molecule has 0 spiro atoms. The lowest BCUT2D eigenvalue weighted by Gasteiger charge is -2.37. The average Bonchev–Trinajstić information content (AvgIpc) is 3.59. The first-order valence-corrected chi connectivity index (χ1v) is 13.1. The molecule has 8 heteroatoms. The molecular weight excluding hydrogens is 474 g/mol. The van der Waals surface area contributed by atoms with E-state index >= 15 is 0 Å². The zero-order valence-electron chi connectivity index (χ0n) is 20.5. The molecule has 3 aliphatic rings. The highest BCUT2D eigenvalue weighted by molar-refractivity contribution is 8.16. The van der Waals surface area contributed by atoms with Crippen molar-refractivity contribution in [2.24, 2.45) is 4.99 Å². The summed E-state index contributed by atoms with van der Waals surface area (Å²) in [6.45, 7) is 3.62. The Kier molecular flexibility index (Phi) is 7.13. The van der Waals surface area contributed by atoms with Crippen LogP contribution in [-0.2, 0) is 14.3 Å². The summed E-state index contributed by atoms with van der Waals surface area (Å²) in [5, 5.41) is 2.70. The maximum Gasteiger partial charge on any atom is 0.338 e. The quantitative estimate of drug-likeness (QED) is 0.496. The summed E-state index contributed by atoms with van der Waals surface area (Å²) in [5.74, 6) is 0.312. The summed E-state index contributed by atoms with van der Waals surface area (Å²) < 4.78 is 11.3. The largest absolute Gasteiger partial charge is 0.496 e. The number of ether oxygens (including phenoxy) is 2. The van der Waals surface area contributed by atoms with Crippen molar-refractivity contribution in [3.8, 4) is 5.75 Å². The molecule has 0 aliphatic carbocycles. The first-order chi connectivity index (χ1) is 17.6. The maximum absolute atomic E-state index is 13.6. The summed E-state index contributed by atoms with van der Waals surface area (Å²) in [5.41, 5.74) is 3.46. The van der Waals surface area contributed by atoms with Gasteiger partial charge in [-0.3, -0.25) is 4.79 Å². The first-order valence-electron chi connectivity index (χ1n) is 12.2. The van der Waals surface area contributed by atoms with E-state index in [1.54, 1.807) is 14.0 Å². The van der Waals surface area contributed by atoms with Crippen molar-refractivity contribution in [1.29, 1.82) is 0 Å². The number of hydrogen-bond donors (Lipinski definition) is 0. The van der Waals surface area contributed by atoms with Crippen LogP contribution in [0.2, 0.25) is 0 Å². The molecule has 7 nitrogen and oxygen atoms in total. The third-order valence-electron chi connectivity index (χ3n) is 6.58. The van der Waals surface area contributed by atoms with Crippen LogP contribution >= 0.6 is 11.8 Å². The van der Waals surface area contributed by atoms with Crippen molar-refractivity contribution in [1.82, 2.24) is 9.80 Å². The average molecular weight is 504 g/mol. The van der Waals surface area contributed by atoms with Crippen molar-refractivity contribution in [3.63, 3.8) is 0 Å². The van der Waals surface area contributed by atoms with Crippen LogP contribution in [0.4, 0.5) is 0 Å². The molecule has 186 valence electrons. The van der Waals surface area contributed by atoms with E-state index in [9.17, 15) is 9.59 Å². The second-order valence-electron chi connectivity index (χ2n) is 8.75. The number of amidine groups is 1. The number of amides is 1. The van der Waals surface area contributed by atoms with Crippen LogP contribution in [0.3, 0.4) is 0 Å². The molecule has 3 aliphatic heterocycles. The van der Waals surface area contributed by atoms with Crippen LogP contribution in [0.25, 0.3) is 5.70 Å². The molecule has 36 heavy (non-hydrogen) atoms. The number of carbonyl (C=O) groups is 2. The van der Waals surface area contributed by atoms with Crippen LogP contribution in [0, 0.1) is 0 Å². The lowest BCUT2D eigenvalue weighted by molar-refractivity contribution is -0.139. The van der Waals surface area contributed by atoms with Gasteiger partial charge in [0.05, 0.1) is 37.4 Å². The molecule has 0 N–H and O–H groups in total. The number of likely N-dealkylation sites (tertiary alicyclic amines) is 1. The molecule has 1 atom stereocenters. The van der Waals surface area contributed by atoms with E-state index in [1.807, 2.05) is 69.8 Å². The number of aliphatic imine (C=N–C) groups is 1. The highest BCUT2D eigenvalue weighted by Gasteiger charge is 2.43. The van der Waals surface area contributed by atoms with Gasteiger partial charge in [0.2, 0.25) is 5.91 Å². The molecule has 0 saturated carbocycles. The first kappa shape index (κ1) is 24.2. The lowest BCUT2D eigenvalue weighted by Crippen LogP contribution is -2.38. The number of fused-ring (bicyclic) bond motifs is 1. The Morgan fingerprint density at radius 1 is 1.06 bits per heavy atom. The number of hydrogen-bond acceptors (Lipinski definition) is 7. The molecule has 1 fully saturated rings. The predicted octanol–water partition coefficient (Wildman–Crippen LogP) is 4.98. The Bertz CT molecular complexity index is 1250. The molecule has 2 aromatic rings. The maximum atomic E-state index is 13.6. The molecule has 5 rings (SSSR count). The summed E-state index contributed by atoms with van der Waals surface area (Å²) in [6.07, 6.45) is 2.32. The van der Waals surface area contributed by atoms with Gasteiger partial charge in [-0.1, -0.05) is 60.3 Å². The fourth-order valence-electron chi connectivity index (χ4n) is 4.91. The zero-order valence-corrected chi connectivity index (χ0v) is 21.3. The molecule has 3 heterocycles. The summed E-state index contributed by atoms with van der Waals surface area (Å²) in [7, 11) is 1.62. The van der Waals surface area contributed by atoms with E-state index in [0.717, 1.165) is 47.9 Å². The van der Waals surface area contributed by atoms with Crippen LogP contribution in [0.5, 0.6) is 5.75 Å². The van der Waals surface area contributed by atoms with E-state index in [1.165, 1.54) is 11.8 Å². The van der Waals surface area contributed by atoms with Gasteiger partial charge < -0.3 is 19.3 Å². The van der Waals surface area contributed by atoms with E-state index in [2.05, 4.69) is 0 Å². The SMILES string of the molecule is CCOC(=O)C1=C(c2ccccc2)N=C2SC=C(CC(=O)N3CCCC3)N2[C@H]1c1ccccc1OC. The van der Waals surface area contributed by atoms with Crippen LogP contribution < -0.4 is 4.74 Å². The van der Waals surface area contributed by atoms with Crippen molar-refractivity contribution in [2.45, 2.75) is 32.2 Å². The highest BCUT2D eigenvalue weighted by atomic mass is 32.2. The van der Waals surface area contributed by atoms with Crippen molar-refractivity contribution >= 4 is 34.5 Å². The third-order valence-corrected chi connectivity index (χ3v) is 7.47. The minimum Gasteiger partial charge on any atom is -0.496 e. The second kappa shape index (κ2) is 10.6.